The number of piperidine rings is 1. The highest BCUT2D eigenvalue weighted by Crippen LogP contribution is 2.52. The normalized spacial score (nSPS) is 24.4. The molecule has 2 aromatic rings. The van der Waals surface area contributed by atoms with Crippen LogP contribution >= 0.6 is 0 Å². The van der Waals surface area contributed by atoms with Crippen molar-refractivity contribution in [1.82, 2.24) is 0 Å². The Balaban J connectivity index is 1.45. The Morgan fingerprint density at radius 1 is 1.03 bits per heavy atom. The van der Waals surface area contributed by atoms with Gasteiger partial charge in [-0.15, -0.1) is 0 Å². The molecular weight excluding hydrogens is 379 g/mol. The Morgan fingerprint density at radius 2 is 1.73 bits per heavy atom. The Morgan fingerprint density at radius 3 is 2.43 bits per heavy atom. The fourth-order valence-corrected chi connectivity index (χ4v) is 4.66. The van der Waals surface area contributed by atoms with Gasteiger partial charge < -0.3 is 14.4 Å². The Hall–Kier alpha value is -3.34. The van der Waals surface area contributed by atoms with E-state index < -0.39 is 0 Å². The van der Waals surface area contributed by atoms with Gasteiger partial charge >= 0.3 is 0 Å². The van der Waals surface area contributed by atoms with Crippen molar-refractivity contribution >= 4 is 11.4 Å². The lowest BCUT2D eigenvalue weighted by atomic mass is 9.64. The molecule has 5 heteroatoms. The quantitative estimate of drug-likeness (QED) is 0.644. The number of aliphatic imine (C=N–C) groups is 1. The minimum atomic E-state index is -0.277. The van der Waals surface area contributed by atoms with Crippen LogP contribution in [0.5, 0.6) is 11.5 Å². The van der Waals surface area contributed by atoms with Crippen LogP contribution in [0.1, 0.15) is 13.3 Å². The van der Waals surface area contributed by atoms with E-state index in [9.17, 15) is 4.39 Å². The fourth-order valence-electron chi connectivity index (χ4n) is 4.66. The molecule has 5 rings (SSSR count). The molecule has 2 aliphatic heterocycles. The van der Waals surface area contributed by atoms with Crippen molar-refractivity contribution in [3.8, 4) is 11.5 Å². The number of hydrogen-bond donors (Lipinski definition) is 0. The molecular formula is C25H23FN2O2. The number of ether oxygens (including phenoxy) is 2. The third-order valence-electron chi connectivity index (χ3n) is 6.25. The minimum Gasteiger partial charge on any atom is -0.495 e. The SMILES string of the molecule is COC1=CC=C2N(c3ccc(Oc4ccc(F)cc4)cc3)CCC(C)C23C=CN=C13. The van der Waals surface area contributed by atoms with Crippen molar-refractivity contribution in [3.63, 3.8) is 0 Å². The van der Waals surface area contributed by atoms with Gasteiger partial charge in [0.2, 0.25) is 0 Å². The average molecular weight is 402 g/mol. The predicted octanol–water partition coefficient (Wildman–Crippen LogP) is 5.85. The molecule has 0 bridgehead atoms. The van der Waals surface area contributed by atoms with Gasteiger partial charge in [-0.05, 0) is 79.1 Å². The third-order valence-corrected chi connectivity index (χ3v) is 6.25. The van der Waals surface area contributed by atoms with Gasteiger partial charge in [0.25, 0.3) is 0 Å². The number of methoxy groups -OCH3 is 1. The van der Waals surface area contributed by atoms with Gasteiger partial charge in [-0.1, -0.05) is 6.92 Å². The van der Waals surface area contributed by atoms with Crippen LogP contribution in [0.2, 0.25) is 0 Å². The summed E-state index contributed by atoms with van der Waals surface area (Å²) in [6.45, 7) is 3.22. The number of benzene rings is 2. The van der Waals surface area contributed by atoms with Crippen molar-refractivity contribution in [1.29, 1.82) is 0 Å². The number of anilines is 1. The molecule has 3 aliphatic rings. The highest BCUT2D eigenvalue weighted by molar-refractivity contribution is 6.10. The smallest absolute Gasteiger partial charge is 0.141 e. The molecule has 30 heavy (non-hydrogen) atoms. The lowest BCUT2D eigenvalue weighted by Crippen LogP contribution is -2.50. The van der Waals surface area contributed by atoms with Crippen LogP contribution in [0.4, 0.5) is 10.1 Å². The number of allylic oxidation sites excluding steroid dienone is 4. The zero-order valence-corrected chi connectivity index (χ0v) is 17.0. The second kappa shape index (κ2) is 7.17. The van der Waals surface area contributed by atoms with Gasteiger partial charge in [0.05, 0.1) is 18.2 Å². The lowest BCUT2D eigenvalue weighted by molar-refractivity contribution is 0.287. The molecule has 1 spiro atoms. The maximum Gasteiger partial charge on any atom is 0.141 e. The van der Waals surface area contributed by atoms with E-state index in [1.54, 1.807) is 19.2 Å². The van der Waals surface area contributed by atoms with E-state index in [-0.39, 0.29) is 11.2 Å². The zero-order chi connectivity index (χ0) is 20.7. The summed E-state index contributed by atoms with van der Waals surface area (Å²) < 4.78 is 24.5. The summed E-state index contributed by atoms with van der Waals surface area (Å²) in [6, 6.07) is 14.1. The van der Waals surface area contributed by atoms with E-state index in [1.165, 1.54) is 17.8 Å². The lowest BCUT2D eigenvalue weighted by Gasteiger charge is -2.49. The highest BCUT2D eigenvalue weighted by atomic mass is 19.1. The Labute approximate surface area is 175 Å². The van der Waals surface area contributed by atoms with Crippen LogP contribution in [-0.2, 0) is 4.74 Å². The first-order valence-corrected chi connectivity index (χ1v) is 10.2. The fraction of sp³-hybridized carbons (Fsp3) is 0.240. The van der Waals surface area contributed by atoms with Crippen LogP contribution in [-0.4, -0.2) is 19.4 Å². The van der Waals surface area contributed by atoms with Gasteiger partial charge in [0.15, 0.2) is 0 Å². The standard InChI is InChI=1S/C25H23FN2O2/c1-17-13-16-28(23-12-11-22(29-2)24-25(17,23)14-15-27-24)19-5-9-21(10-6-19)30-20-7-3-18(26)4-8-20/h3-12,14-15,17H,13,16H2,1-2H3. The first-order chi connectivity index (χ1) is 14.6. The molecule has 152 valence electrons. The number of hydrogen-bond acceptors (Lipinski definition) is 4. The first-order valence-electron chi connectivity index (χ1n) is 10.2. The monoisotopic (exact) mass is 402 g/mol. The van der Waals surface area contributed by atoms with E-state index in [2.05, 4.69) is 41.1 Å². The van der Waals surface area contributed by atoms with Crippen LogP contribution < -0.4 is 9.64 Å². The molecule has 2 aromatic carbocycles. The summed E-state index contributed by atoms with van der Waals surface area (Å²) in [5.41, 5.74) is 3.08. The number of rotatable bonds is 4. The molecule has 0 amide bonds. The largest absolute Gasteiger partial charge is 0.495 e. The summed E-state index contributed by atoms with van der Waals surface area (Å²) >= 11 is 0. The van der Waals surface area contributed by atoms with E-state index in [0.717, 1.165) is 30.1 Å². The maximum atomic E-state index is 13.1. The van der Waals surface area contributed by atoms with Gasteiger partial charge in [-0.2, -0.15) is 0 Å². The molecule has 1 fully saturated rings. The Bertz CT molecular complexity index is 1080. The number of nitrogens with zero attached hydrogens (tertiary/aromatic N) is 2. The molecule has 1 saturated heterocycles. The maximum absolute atomic E-state index is 13.1. The molecule has 0 aromatic heterocycles. The molecule has 2 atom stereocenters. The third kappa shape index (κ3) is 2.84. The summed E-state index contributed by atoms with van der Waals surface area (Å²) in [5.74, 6) is 2.31. The average Bonchev–Trinajstić information content (AvgIpc) is 3.22. The van der Waals surface area contributed by atoms with Crippen molar-refractivity contribution in [3.05, 3.63) is 90.2 Å². The minimum absolute atomic E-state index is 0.248. The zero-order valence-electron chi connectivity index (χ0n) is 17.0. The topological polar surface area (TPSA) is 34.1 Å². The van der Waals surface area contributed by atoms with Crippen LogP contribution in [0.15, 0.2) is 89.4 Å². The van der Waals surface area contributed by atoms with Crippen molar-refractivity contribution in [2.24, 2.45) is 16.3 Å². The highest BCUT2D eigenvalue weighted by Gasteiger charge is 2.51. The molecule has 1 aliphatic carbocycles. The molecule has 4 nitrogen and oxygen atoms in total. The number of halogens is 1. The summed E-state index contributed by atoms with van der Waals surface area (Å²) in [5, 5.41) is 0. The van der Waals surface area contributed by atoms with Crippen LogP contribution in [0.25, 0.3) is 0 Å². The molecule has 0 saturated carbocycles. The summed E-state index contributed by atoms with van der Waals surface area (Å²) in [4.78, 5) is 7.02. The van der Waals surface area contributed by atoms with Crippen LogP contribution in [0.3, 0.4) is 0 Å². The predicted molar refractivity (Wildman–Crippen MR) is 116 cm³/mol. The van der Waals surface area contributed by atoms with Gasteiger partial charge in [-0.3, -0.25) is 4.99 Å². The summed E-state index contributed by atoms with van der Waals surface area (Å²) in [7, 11) is 1.70. The van der Waals surface area contributed by atoms with Gasteiger partial charge in [-0.25, -0.2) is 4.39 Å². The van der Waals surface area contributed by atoms with E-state index >= 15 is 0 Å². The van der Waals surface area contributed by atoms with Crippen molar-refractivity contribution < 1.29 is 13.9 Å². The second-order valence-electron chi connectivity index (χ2n) is 7.84. The second-order valence-corrected chi connectivity index (χ2v) is 7.84. The van der Waals surface area contributed by atoms with Crippen molar-refractivity contribution in [2.45, 2.75) is 13.3 Å². The molecule has 0 N–H and O–H groups in total. The van der Waals surface area contributed by atoms with E-state index in [4.69, 9.17) is 9.47 Å². The molecule has 0 radical (unpaired) electrons. The molecule has 2 heterocycles. The summed E-state index contributed by atoms with van der Waals surface area (Å²) in [6.07, 6.45) is 9.33. The Kier molecular flexibility index (Phi) is 4.46. The van der Waals surface area contributed by atoms with Gasteiger partial charge in [0.1, 0.15) is 23.1 Å². The first kappa shape index (κ1) is 18.7. The van der Waals surface area contributed by atoms with E-state index in [0.29, 0.717) is 17.4 Å². The van der Waals surface area contributed by atoms with E-state index in [1.807, 2.05) is 24.4 Å². The van der Waals surface area contributed by atoms with Crippen LogP contribution in [0, 0.1) is 17.2 Å². The molecule has 2 unspecified atom stereocenters. The van der Waals surface area contributed by atoms with Gasteiger partial charge in [0, 0.05) is 24.1 Å². The van der Waals surface area contributed by atoms with Crippen molar-refractivity contribution in [2.75, 3.05) is 18.6 Å².